The Kier molecular flexibility index (Phi) is 4.05. The molecule has 0 aliphatic heterocycles. The molecule has 0 aliphatic carbocycles. The topological polar surface area (TPSA) is 105 Å². The number of benzene rings is 2. The molecule has 0 atom stereocenters. The van der Waals surface area contributed by atoms with Crippen molar-refractivity contribution in [3.8, 4) is 6.07 Å². The Morgan fingerprint density at radius 1 is 1.29 bits per heavy atom. The number of nitrogens with zero attached hydrogens (tertiary/aromatic N) is 1. The fraction of sp³-hybridized carbons (Fsp3) is 0.0667. The third-order valence-electron chi connectivity index (χ3n) is 2.97. The molecule has 2 aromatic rings. The van der Waals surface area contributed by atoms with Crippen molar-refractivity contribution >= 4 is 17.3 Å². The molecule has 1 amide bonds. The Balaban J connectivity index is 2.17. The van der Waals surface area contributed by atoms with Gasteiger partial charge in [-0.3, -0.25) is 4.79 Å². The van der Waals surface area contributed by atoms with Crippen molar-refractivity contribution in [2.24, 2.45) is 5.73 Å². The number of nitrogens with one attached hydrogen (secondary N) is 1. The van der Waals surface area contributed by atoms with E-state index in [0.29, 0.717) is 12.1 Å². The van der Waals surface area contributed by atoms with Crippen LogP contribution in [0.15, 0.2) is 36.4 Å². The second-order valence-corrected chi connectivity index (χ2v) is 4.45. The van der Waals surface area contributed by atoms with Gasteiger partial charge in [0.15, 0.2) is 0 Å². The molecule has 2 aromatic carbocycles. The number of nitrogen functional groups attached to an aromatic ring is 1. The van der Waals surface area contributed by atoms with Crippen LogP contribution < -0.4 is 16.8 Å². The van der Waals surface area contributed by atoms with Crippen molar-refractivity contribution in [1.29, 1.82) is 5.26 Å². The average molecular weight is 284 g/mol. The first-order chi connectivity index (χ1) is 10.0. The molecule has 2 rings (SSSR count). The second kappa shape index (κ2) is 5.92. The maximum Gasteiger partial charge on any atom is 0.250 e. The van der Waals surface area contributed by atoms with Crippen LogP contribution in [0.25, 0.3) is 0 Å². The van der Waals surface area contributed by atoms with E-state index in [-0.39, 0.29) is 16.9 Å². The van der Waals surface area contributed by atoms with E-state index in [9.17, 15) is 9.18 Å². The Bertz CT molecular complexity index is 720. The predicted octanol–water partition coefficient (Wildman–Crippen LogP) is 1.99. The molecule has 0 aromatic heterocycles. The van der Waals surface area contributed by atoms with E-state index < -0.39 is 11.7 Å². The number of nitrogens with two attached hydrogens (primary N) is 2. The van der Waals surface area contributed by atoms with Gasteiger partial charge in [-0.25, -0.2) is 4.39 Å². The molecule has 0 bridgehead atoms. The standard InChI is InChI=1S/C15H13FN4O/c16-12-6-13(18)11(15(19)21)5-14(12)20-8-10-3-1-9(7-17)2-4-10/h1-6,20H,8,18H2,(H2,19,21). The minimum atomic E-state index is -0.714. The van der Waals surface area contributed by atoms with Gasteiger partial charge in [-0.2, -0.15) is 5.26 Å². The monoisotopic (exact) mass is 284 g/mol. The normalized spacial score (nSPS) is 9.90. The van der Waals surface area contributed by atoms with Crippen LogP contribution in [0, 0.1) is 17.1 Å². The Hall–Kier alpha value is -3.07. The Morgan fingerprint density at radius 2 is 1.95 bits per heavy atom. The molecule has 0 saturated heterocycles. The minimum absolute atomic E-state index is 0.00363. The first-order valence-corrected chi connectivity index (χ1v) is 6.13. The summed E-state index contributed by atoms with van der Waals surface area (Å²) in [4.78, 5) is 11.2. The van der Waals surface area contributed by atoms with Crippen molar-refractivity contribution in [3.63, 3.8) is 0 Å². The number of carbonyl (C=O) groups is 1. The highest BCUT2D eigenvalue weighted by Crippen LogP contribution is 2.22. The first-order valence-electron chi connectivity index (χ1n) is 6.13. The van der Waals surface area contributed by atoms with E-state index in [1.54, 1.807) is 24.3 Å². The average Bonchev–Trinajstić information content (AvgIpc) is 2.46. The highest BCUT2D eigenvalue weighted by molar-refractivity contribution is 5.99. The highest BCUT2D eigenvalue weighted by Gasteiger charge is 2.11. The van der Waals surface area contributed by atoms with Gasteiger partial charge in [0.05, 0.1) is 22.9 Å². The zero-order valence-electron chi connectivity index (χ0n) is 11.1. The molecule has 5 nitrogen and oxygen atoms in total. The smallest absolute Gasteiger partial charge is 0.250 e. The van der Waals surface area contributed by atoms with E-state index in [2.05, 4.69) is 5.32 Å². The van der Waals surface area contributed by atoms with E-state index in [0.717, 1.165) is 11.6 Å². The van der Waals surface area contributed by atoms with E-state index >= 15 is 0 Å². The maximum atomic E-state index is 13.8. The van der Waals surface area contributed by atoms with Crippen molar-refractivity contribution in [1.82, 2.24) is 0 Å². The van der Waals surface area contributed by atoms with Crippen molar-refractivity contribution < 1.29 is 9.18 Å². The van der Waals surface area contributed by atoms with Gasteiger partial charge in [0, 0.05) is 12.2 Å². The van der Waals surface area contributed by atoms with Crippen LogP contribution >= 0.6 is 0 Å². The summed E-state index contributed by atoms with van der Waals surface area (Å²) in [6.07, 6.45) is 0. The quantitative estimate of drug-likeness (QED) is 0.746. The summed E-state index contributed by atoms with van der Waals surface area (Å²) in [5, 5.41) is 11.6. The number of halogens is 1. The first kappa shape index (κ1) is 14.3. The lowest BCUT2D eigenvalue weighted by molar-refractivity contribution is 0.100. The van der Waals surface area contributed by atoms with Crippen LogP contribution in [0.3, 0.4) is 0 Å². The fourth-order valence-corrected chi connectivity index (χ4v) is 1.83. The summed E-state index contributed by atoms with van der Waals surface area (Å²) in [6.45, 7) is 0.338. The van der Waals surface area contributed by atoms with Crippen molar-refractivity contribution in [2.75, 3.05) is 11.1 Å². The van der Waals surface area contributed by atoms with Crippen LogP contribution in [0.4, 0.5) is 15.8 Å². The molecule has 0 aliphatic rings. The third kappa shape index (κ3) is 3.28. The molecular formula is C15H13FN4O. The Labute approximate surface area is 121 Å². The SMILES string of the molecule is N#Cc1ccc(CNc2cc(C(N)=O)c(N)cc2F)cc1. The van der Waals surface area contributed by atoms with Crippen LogP contribution in [-0.2, 0) is 6.54 Å². The molecule has 5 N–H and O–H groups in total. The lowest BCUT2D eigenvalue weighted by Gasteiger charge is -2.10. The largest absolute Gasteiger partial charge is 0.398 e. The zero-order chi connectivity index (χ0) is 15.4. The summed E-state index contributed by atoms with van der Waals surface area (Å²) in [5.74, 6) is -1.28. The summed E-state index contributed by atoms with van der Waals surface area (Å²) in [7, 11) is 0. The number of primary amides is 1. The number of amides is 1. The van der Waals surface area contributed by atoms with Gasteiger partial charge in [0.1, 0.15) is 5.82 Å². The third-order valence-corrected chi connectivity index (χ3v) is 2.97. The zero-order valence-corrected chi connectivity index (χ0v) is 11.1. The number of anilines is 2. The molecule has 0 saturated carbocycles. The summed E-state index contributed by atoms with van der Waals surface area (Å²) in [6, 6.07) is 11.2. The summed E-state index contributed by atoms with van der Waals surface area (Å²) >= 11 is 0. The molecule has 21 heavy (non-hydrogen) atoms. The number of hydrogen-bond donors (Lipinski definition) is 3. The van der Waals surface area contributed by atoms with Crippen LogP contribution in [-0.4, -0.2) is 5.91 Å². The molecule has 0 unspecified atom stereocenters. The summed E-state index contributed by atoms with van der Waals surface area (Å²) in [5.41, 5.74) is 12.3. The predicted molar refractivity (Wildman–Crippen MR) is 77.8 cm³/mol. The van der Waals surface area contributed by atoms with E-state index in [1.165, 1.54) is 6.07 Å². The van der Waals surface area contributed by atoms with Gasteiger partial charge in [-0.05, 0) is 29.8 Å². The molecule has 0 fully saturated rings. The molecule has 0 radical (unpaired) electrons. The molecular weight excluding hydrogens is 271 g/mol. The Morgan fingerprint density at radius 3 is 2.52 bits per heavy atom. The molecule has 106 valence electrons. The lowest BCUT2D eigenvalue weighted by Crippen LogP contribution is -2.15. The van der Waals surface area contributed by atoms with E-state index in [1.807, 2.05) is 6.07 Å². The van der Waals surface area contributed by atoms with Crippen molar-refractivity contribution in [3.05, 3.63) is 58.9 Å². The van der Waals surface area contributed by atoms with Crippen molar-refractivity contribution in [2.45, 2.75) is 6.54 Å². The molecule has 0 spiro atoms. The van der Waals surface area contributed by atoms with Gasteiger partial charge in [-0.1, -0.05) is 12.1 Å². The summed E-state index contributed by atoms with van der Waals surface area (Å²) < 4.78 is 13.8. The number of hydrogen-bond acceptors (Lipinski definition) is 4. The highest BCUT2D eigenvalue weighted by atomic mass is 19.1. The second-order valence-electron chi connectivity index (χ2n) is 4.45. The number of nitriles is 1. The maximum absolute atomic E-state index is 13.8. The molecule has 6 heteroatoms. The van der Waals surface area contributed by atoms with Gasteiger partial charge < -0.3 is 16.8 Å². The van der Waals surface area contributed by atoms with Crippen LogP contribution in [0.5, 0.6) is 0 Å². The number of carbonyl (C=O) groups excluding carboxylic acids is 1. The number of rotatable bonds is 4. The van der Waals surface area contributed by atoms with Crippen LogP contribution in [0.2, 0.25) is 0 Å². The van der Waals surface area contributed by atoms with Gasteiger partial charge in [0.25, 0.3) is 5.91 Å². The fourth-order valence-electron chi connectivity index (χ4n) is 1.83. The van der Waals surface area contributed by atoms with E-state index in [4.69, 9.17) is 16.7 Å². The van der Waals surface area contributed by atoms with Crippen LogP contribution in [0.1, 0.15) is 21.5 Å². The van der Waals surface area contributed by atoms with Gasteiger partial charge >= 0.3 is 0 Å². The van der Waals surface area contributed by atoms with Gasteiger partial charge in [-0.15, -0.1) is 0 Å². The lowest BCUT2D eigenvalue weighted by atomic mass is 10.1. The molecule has 0 heterocycles. The minimum Gasteiger partial charge on any atom is -0.398 e. The van der Waals surface area contributed by atoms with Gasteiger partial charge in [0.2, 0.25) is 0 Å².